The van der Waals surface area contributed by atoms with Crippen LogP contribution in [0.15, 0.2) is 23.0 Å². The zero-order valence-electron chi connectivity index (χ0n) is 18.0. The van der Waals surface area contributed by atoms with E-state index in [2.05, 4.69) is 15.3 Å². The molecule has 2 N–H and O–H groups in total. The molecule has 1 atom stereocenters. The lowest BCUT2D eigenvalue weighted by molar-refractivity contribution is -0.121. The predicted octanol–water partition coefficient (Wildman–Crippen LogP) is 3.69. The largest absolute Gasteiger partial charge is 0.497 e. The number of hydrogen-bond acceptors (Lipinski definition) is 6. The lowest BCUT2D eigenvalue weighted by Gasteiger charge is -2.18. The number of amides is 1. The number of aromatic nitrogens is 2. The Kier molecular flexibility index (Phi) is 6.27. The second-order valence-electron chi connectivity index (χ2n) is 7.80. The van der Waals surface area contributed by atoms with Gasteiger partial charge < -0.3 is 19.8 Å². The number of methoxy groups -OCH3 is 2. The fraction of sp³-hybridized carbons (Fsp3) is 0.435. The second kappa shape index (κ2) is 9.09. The van der Waals surface area contributed by atoms with E-state index in [4.69, 9.17) is 9.47 Å². The van der Waals surface area contributed by atoms with Crippen molar-refractivity contribution in [1.82, 2.24) is 15.3 Å². The maximum Gasteiger partial charge on any atom is 0.259 e. The van der Waals surface area contributed by atoms with Crippen LogP contribution in [0.4, 0.5) is 0 Å². The molecule has 0 bridgehead atoms. The fourth-order valence-corrected chi connectivity index (χ4v) is 5.41. The van der Waals surface area contributed by atoms with Gasteiger partial charge in [0.25, 0.3) is 5.56 Å². The van der Waals surface area contributed by atoms with E-state index in [0.717, 1.165) is 35.0 Å². The number of fused-ring (bicyclic) bond motifs is 3. The Morgan fingerprint density at radius 3 is 2.84 bits per heavy atom. The predicted molar refractivity (Wildman–Crippen MR) is 121 cm³/mol. The summed E-state index contributed by atoms with van der Waals surface area (Å²) >= 11 is 1.62. The molecule has 2 aromatic heterocycles. The van der Waals surface area contributed by atoms with Crippen molar-refractivity contribution >= 4 is 27.5 Å². The van der Waals surface area contributed by atoms with Crippen molar-refractivity contribution in [3.63, 3.8) is 0 Å². The average Bonchev–Trinajstić information content (AvgIpc) is 3.16. The molecular weight excluding hydrogens is 414 g/mol. The SMILES string of the molecule is COc1ccc(OC)c(C(C)NC(=O)CCc2nc3sc4c(c3c(=O)[nH]2)CCCC4)c1. The first kappa shape index (κ1) is 21.4. The van der Waals surface area contributed by atoms with E-state index in [-0.39, 0.29) is 23.9 Å². The van der Waals surface area contributed by atoms with Crippen molar-refractivity contribution in [1.29, 1.82) is 0 Å². The maximum absolute atomic E-state index is 12.7. The Balaban J connectivity index is 1.44. The van der Waals surface area contributed by atoms with E-state index < -0.39 is 0 Å². The van der Waals surface area contributed by atoms with Crippen molar-refractivity contribution in [3.8, 4) is 11.5 Å². The van der Waals surface area contributed by atoms with Gasteiger partial charge in [0.1, 0.15) is 22.2 Å². The van der Waals surface area contributed by atoms with Crippen LogP contribution in [0.1, 0.15) is 54.1 Å². The van der Waals surface area contributed by atoms with Gasteiger partial charge in [0.15, 0.2) is 0 Å². The number of thiophene rings is 1. The molecule has 1 aliphatic rings. The smallest absolute Gasteiger partial charge is 0.259 e. The van der Waals surface area contributed by atoms with Crippen LogP contribution in [-0.4, -0.2) is 30.1 Å². The van der Waals surface area contributed by atoms with Gasteiger partial charge in [-0.1, -0.05) is 0 Å². The summed E-state index contributed by atoms with van der Waals surface area (Å²) in [5.41, 5.74) is 1.92. The number of carbonyl (C=O) groups is 1. The van der Waals surface area contributed by atoms with Gasteiger partial charge >= 0.3 is 0 Å². The summed E-state index contributed by atoms with van der Waals surface area (Å²) in [5, 5.41) is 3.73. The number of nitrogens with one attached hydrogen (secondary N) is 2. The highest BCUT2D eigenvalue weighted by Gasteiger charge is 2.20. The lowest BCUT2D eigenvalue weighted by atomic mass is 9.97. The normalized spacial score (nSPS) is 14.2. The number of aryl methyl sites for hydroxylation is 3. The quantitative estimate of drug-likeness (QED) is 0.583. The molecule has 7 nitrogen and oxygen atoms in total. The molecule has 1 amide bonds. The van der Waals surface area contributed by atoms with Crippen molar-refractivity contribution in [2.24, 2.45) is 0 Å². The summed E-state index contributed by atoms with van der Waals surface area (Å²) in [4.78, 5) is 34.8. The number of carbonyl (C=O) groups excluding carboxylic acids is 1. The average molecular weight is 442 g/mol. The van der Waals surface area contributed by atoms with Gasteiger partial charge in [-0.3, -0.25) is 9.59 Å². The third kappa shape index (κ3) is 4.44. The molecule has 0 radical (unpaired) electrons. The summed E-state index contributed by atoms with van der Waals surface area (Å²) in [5.74, 6) is 1.82. The fourth-order valence-electron chi connectivity index (χ4n) is 4.13. The van der Waals surface area contributed by atoms with Crippen molar-refractivity contribution < 1.29 is 14.3 Å². The Hall–Kier alpha value is -2.87. The second-order valence-corrected chi connectivity index (χ2v) is 8.88. The number of hydrogen-bond donors (Lipinski definition) is 2. The lowest BCUT2D eigenvalue weighted by Crippen LogP contribution is -2.27. The third-order valence-corrected chi connectivity index (χ3v) is 6.93. The molecule has 0 spiro atoms. The molecule has 0 saturated heterocycles. The van der Waals surface area contributed by atoms with Crippen LogP contribution in [-0.2, 0) is 24.1 Å². The Morgan fingerprint density at radius 2 is 2.06 bits per heavy atom. The van der Waals surface area contributed by atoms with Crippen LogP contribution in [0.25, 0.3) is 10.2 Å². The minimum Gasteiger partial charge on any atom is -0.497 e. The van der Waals surface area contributed by atoms with E-state index in [9.17, 15) is 9.59 Å². The van der Waals surface area contributed by atoms with Gasteiger partial charge in [-0.25, -0.2) is 4.98 Å². The van der Waals surface area contributed by atoms with Gasteiger partial charge in [0.2, 0.25) is 5.91 Å². The van der Waals surface area contributed by atoms with Crippen LogP contribution < -0.4 is 20.3 Å². The third-order valence-electron chi connectivity index (χ3n) is 5.74. The Bertz CT molecular complexity index is 1170. The van der Waals surface area contributed by atoms with Crippen LogP contribution >= 0.6 is 11.3 Å². The molecular formula is C23H27N3O4S. The first-order chi connectivity index (χ1) is 15.0. The van der Waals surface area contributed by atoms with Crippen LogP contribution in [0.3, 0.4) is 0 Å². The Labute approximate surface area is 184 Å². The minimum absolute atomic E-state index is 0.0886. The van der Waals surface area contributed by atoms with E-state index in [1.807, 2.05) is 25.1 Å². The van der Waals surface area contributed by atoms with Gasteiger partial charge in [-0.05, 0) is 56.4 Å². The van der Waals surface area contributed by atoms with Gasteiger partial charge in [-0.15, -0.1) is 11.3 Å². The molecule has 1 aromatic carbocycles. The summed E-state index contributed by atoms with van der Waals surface area (Å²) in [6.07, 6.45) is 4.88. The molecule has 3 aromatic rings. The van der Waals surface area contributed by atoms with E-state index in [0.29, 0.717) is 23.7 Å². The first-order valence-electron chi connectivity index (χ1n) is 10.5. The summed E-state index contributed by atoms with van der Waals surface area (Å²) in [6, 6.07) is 5.24. The molecule has 0 saturated carbocycles. The highest BCUT2D eigenvalue weighted by atomic mass is 32.1. The van der Waals surface area contributed by atoms with Gasteiger partial charge in [0.05, 0.1) is 25.6 Å². The van der Waals surface area contributed by atoms with Crippen molar-refractivity contribution in [2.45, 2.75) is 51.5 Å². The number of rotatable bonds is 7. The van der Waals surface area contributed by atoms with Crippen LogP contribution in [0.2, 0.25) is 0 Å². The van der Waals surface area contributed by atoms with Gasteiger partial charge in [0, 0.05) is 23.3 Å². The number of aromatic amines is 1. The molecule has 8 heteroatoms. The summed E-state index contributed by atoms with van der Waals surface area (Å²) < 4.78 is 10.7. The molecule has 2 heterocycles. The van der Waals surface area contributed by atoms with Crippen LogP contribution in [0, 0.1) is 0 Å². The zero-order chi connectivity index (χ0) is 22.0. The Morgan fingerprint density at radius 1 is 1.26 bits per heavy atom. The molecule has 31 heavy (non-hydrogen) atoms. The van der Waals surface area contributed by atoms with Crippen molar-refractivity contribution in [3.05, 3.63) is 50.4 Å². The van der Waals surface area contributed by atoms with Crippen molar-refractivity contribution in [2.75, 3.05) is 14.2 Å². The minimum atomic E-state index is -0.254. The molecule has 1 unspecified atom stereocenters. The topological polar surface area (TPSA) is 93.3 Å². The van der Waals surface area contributed by atoms with E-state index in [1.165, 1.54) is 16.9 Å². The first-order valence-corrected chi connectivity index (χ1v) is 11.4. The number of nitrogens with zero attached hydrogens (tertiary/aromatic N) is 1. The summed E-state index contributed by atoms with van der Waals surface area (Å²) in [7, 11) is 3.20. The molecule has 4 rings (SSSR count). The highest BCUT2D eigenvalue weighted by Crippen LogP contribution is 2.33. The van der Waals surface area contributed by atoms with E-state index >= 15 is 0 Å². The zero-order valence-corrected chi connectivity index (χ0v) is 18.9. The molecule has 1 aliphatic carbocycles. The molecule has 164 valence electrons. The highest BCUT2D eigenvalue weighted by molar-refractivity contribution is 7.18. The number of H-pyrrole nitrogens is 1. The van der Waals surface area contributed by atoms with Gasteiger partial charge in [-0.2, -0.15) is 0 Å². The molecule has 0 fully saturated rings. The number of ether oxygens (including phenoxy) is 2. The molecule has 0 aliphatic heterocycles. The summed E-state index contributed by atoms with van der Waals surface area (Å²) in [6.45, 7) is 1.90. The monoisotopic (exact) mass is 441 g/mol. The van der Waals surface area contributed by atoms with Crippen LogP contribution in [0.5, 0.6) is 11.5 Å². The maximum atomic E-state index is 12.7. The standard InChI is InChI=1S/C23H27N3O4S/c1-13(16-12-14(29-2)8-9-17(16)30-3)24-20(27)11-10-19-25-22(28)21-15-6-4-5-7-18(15)31-23(21)26-19/h8-9,12-13H,4-7,10-11H2,1-3H3,(H,24,27)(H,25,26,28). The van der Waals surface area contributed by atoms with E-state index in [1.54, 1.807) is 25.6 Å². The number of benzene rings is 1.